The first kappa shape index (κ1) is 18.1. The van der Waals surface area contributed by atoms with Crippen LogP contribution in [-0.4, -0.2) is 30.0 Å². The van der Waals surface area contributed by atoms with Crippen molar-refractivity contribution in [1.29, 1.82) is 0 Å². The fraction of sp³-hybridized carbons (Fsp3) is 0.158. The molecule has 4 rings (SSSR count). The molecule has 136 valence electrons. The van der Waals surface area contributed by atoms with Gasteiger partial charge in [0.2, 0.25) is 5.82 Å². The van der Waals surface area contributed by atoms with E-state index in [-0.39, 0.29) is 0 Å². The maximum atomic E-state index is 4.52. The topological polar surface area (TPSA) is 61.4 Å². The number of nitrogens with zero attached hydrogens (tertiary/aromatic N) is 6. The summed E-state index contributed by atoms with van der Waals surface area (Å²) in [6, 6.07) is 16.3. The molecule has 0 saturated carbocycles. The van der Waals surface area contributed by atoms with Gasteiger partial charge in [0.15, 0.2) is 0 Å². The molecular weight excluding hydrogens is 472 g/mol. The SMILES string of the molecule is CCc1ccccc1-n1ncc(-c2nnn(Cc3ccc(Br)cc3)n2)c1Br. The highest BCUT2D eigenvalue weighted by Gasteiger charge is 2.17. The maximum absolute atomic E-state index is 4.52. The average Bonchev–Trinajstić information content (AvgIpc) is 3.30. The second-order valence-corrected chi connectivity index (χ2v) is 7.68. The number of benzene rings is 2. The van der Waals surface area contributed by atoms with Gasteiger partial charge in [-0.05, 0) is 56.9 Å². The highest BCUT2D eigenvalue weighted by molar-refractivity contribution is 9.10. The number of aryl methyl sites for hydroxylation is 1. The number of halogens is 2. The predicted octanol–water partition coefficient (Wildman–Crippen LogP) is 4.66. The van der Waals surface area contributed by atoms with E-state index in [1.807, 2.05) is 41.1 Å². The summed E-state index contributed by atoms with van der Waals surface area (Å²) in [5.41, 5.74) is 4.18. The molecule has 0 amide bonds. The Kier molecular flexibility index (Phi) is 5.18. The van der Waals surface area contributed by atoms with E-state index in [1.165, 1.54) is 5.56 Å². The van der Waals surface area contributed by atoms with E-state index >= 15 is 0 Å². The zero-order valence-electron chi connectivity index (χ0n) is 14.5. The van der Waals surface area contributed by atoms with Gasteiger partial charge in [0.1, 0.15) is 4.60 Å². The first-order chi connectivity index (χ1) is 13.2. The van der Waals surface area contributed by atoms with Crippen LogP contribution in [-0.2, 0) is 13.0 Å². The third-order valence-corrected chi connectivity index (χ3v) is 5.53. The van der Waals surface area contributed by atoms with E-state index < -0.39 is 0 Å². The van der Waals surface area contributed by atoms with Gasteiger partial charge in [-0.2, -0.15) is 9.90 Å². The van der Waals surface area contributed by atoms with Gasteiger partial charge in [0, 0.05) is 4.47 Å². The Morgan fingerprint density at radius 3 is 2.56 bits per heavy atom. The molecule has 0 aliphatic heterocycles. The second kappa shape index (κ2) is 7.74. The minimum absolute atomic E-state index is 0.541. The lowest BCUT2D eigenvalue weighted by Crippen LogP contribution is -2.03. The highest BCUT2D eigenvalue weighted by atomic mass is 79.9. The summed E-state index contributed by atoms with van der Waals surface area (Å²) in [5.74, 6) is 0.541. The van der Waals surface area contributed by atoms with Crippen molar-refractivity contribution in [2.45, 2.75) is 19.9 Å². The van der Waals surface area contributed by atoms with Crippen LogP contribution in [0, 0.1) is 0 Å². The van der Waals surface area contributed by atoms with Crippen molar-refractivity contribution in [1.82, 2.24) is 30.0 Å². The summed E-state index contributed by atoms with van der Waals surface area (Å²) < 4.78 is 3.72. The molecule has 0 atom stereocenters. The van der Waals surface area contributed by atoms with Crippen LogP contribution in [0.15, 0.2) is 63.8 Å². The summed E-state index contributed by atoms with van der Waals surface area (Å²) in [5, 5.41) is 17.4. The molecule has 6 nitrogen and oxygen atoms in total. The zero-order chi connectivity index (χ0) is 18.8. The second-order valence-electron chi connectivity index (χ2n) is 6.01. The minimum Gasteiger partial charge on any atom is -0.226 e. The lowest BCUT2D eigenvalue weighted by molar-refractivity contribution is 0.573. The van der Waals surface area contributed by atoms with Crippen molar-refractivity contribution in [3.63, 3.8) is 0 Å². The lowest BCUT2D eigenvalue weighted by Gasteiger charge is -2.08. The average molecular weight is 488 g/mol. The van der Waals surface area contributed by atoms with Crippen molar-refractivity contribution < 1.29 is 0 Å². The van der Waals surface area contributed by atoms with E-state index in [0.29, 0.717) is 12.4 Å². The molecule has 0 radical (unpaired) electrons. The first-order valence-electron chi connectivity index (χ1n) is 8.50. The highest BCUT2D eigenvalue weighted by Crippen LogP contribution is 2.28. The van der Waals surface area contributed by atoms with Crippen LogP contribution < -0.4 is 0 Å². The third kappa shape index (κ3) is 3.72. The molecule has 2 aromatic carbocycles. The molecule has 8 heteroatoms. The van der Waals surface area contributed by atoms with Crippen LogP contribution in [0.3, 0.4) is 0 Å². The van der Waals surface area contributed by atoms with E-state index in [0.717, 1.165) is 32.3 Å². The monoisotopic (exact) mass is 486 g/mol. The Morgan fingerprint density at radius 1 is 1.00 bits per heavy atom. The smallest absolute Gasteiger partial charge is 0.209 e. The summed E-state index contributed by atoms with van der Waals surface area (Å²) in [7, 11) is 0. The lowest BCUT2D eigenvalue weighted by atomic mass is 10.1. The van der Waals surface area contributed by atoms with Crippen LogP contribution in [0.25, 0.3) is 17.1 Å². The predicted molar refractivity (Wildman–Crippen MR) is 111 cm³/mol. The van der Waals surface area contributed by atoms with E-state index in [1.54, 1.807) is 11.0 Å². The number of tetrazole rings is 1. The third-order valence-electron chi connectivity index (χ3n) is 4.24. The first-order valence-corrected chi connectivity index (χ1v) is 10.1. The number of rotatable bonds is 5. The summed E-state index contributed by atoms with van der Waals surface area (Å²) in [4.78, 5) is 1.59. The van der Waals surface area contributed by atoms with Gasteiger partial charge in [-0.15, -0.1) is 10.2 Å². The number of hydrogen-bond acceptors (Lipinski definition) is 4. The fourth-order valence-electron chi connectivity index (χ4n) is 2.84. The zero-order valence-corrected chi connectivity index (χ0v) is 17.7. The van der Waals surface area contributed by atoms with Gasteiger partial charge in [-0.1, -0.05) is 53.2 Å². The van der Waals surface area contributed by atoms with E-state index in [2.05, 4.69) is 71.4 Å². The van der Waals surface area contributed by atoms with Gasteiger partial charge >= 0.3 is 0 Å². The summed E-state index contributed by atoms with van der Waals surface area (Å²) in [6.45, 7) is 2.69. The normalized spacial score (nSPS) is 11.1. The van der Waals surface area contributed by atoms with Crippen LogP contribution in [0.4, 0.5) is 0 Å². The quantitative estimate of drug-likeness (QED) is 0.410. The number of aromatic nitrogens is 6. The molecule has 0 bridgehead atoms. The Labute approximate surface area is 173 Å². The Bertz CT molecular complexity index is 1070. The molecule has 0 aliphatic rings. The van der Waals surface area contributed by atoms with Crippen molar-refractivity contribution in [3.8, 4) is 17.1 Å². The van der Waals surface area contributed by atoms with Crippen molar-refractivity contribution in [2.75, 3.05) is 0 Å². The van der Waals surface area contributed by atoms with Crippen molar-refractivity contribution in [2.24, 2.45) is 0 Å². The van der Waals surface area contributed by atoms with Gasteiger partial charge in [-0.25, -0.2) is 4.68 Å². The van der Waals surface area contributed by atoms with Gasteiger partial charge in [0.25, 0.3) is 0 Å². The molecule has 27 heavy (non-hydrogen) atoms. The summed E-state index contributed by atoms with van der Waals surface area (Å²) in [6.07, 6.45) is 2.69. The van der Waals surface area contributed by atoms with E-state index in [9.17, 15) is 0 Å². The molecule has 0 aliphatic carbocycles. The fourth-order valence-corrected chi connectivity index (χ4v) is 3.67. The number of hydrogen-bond donors (Lipinski definition) is 0. The van der Waals surface area contributed by atoms with Crippen LogP contribution in [0.2, 0.25) is 0 Å². The molecule has 2 heterocycles. The molecule has 0 saturated heterocycles. The molecule has 0 N–H and O–H groups in total. The van der Waals surface area contributed by atoms with Gasteiger partial charge in [-0.3, -0.25) is 0 Å². The van der Waals surface area contributed by atoms with Crippen molar-refractivity contribution in [3.05, 3.63) is 74.9 Å². The Balaban J connectivity index is 1.62. The largest absolute Gasteiger partial charge is 0.226 e. The molecule has 2 aromatic heterocycles. The van der Waals surface area contributed by atoms with Crippen LogP contribution in [0.1, 0.15) is 18.1 Å². The van der Waals surface area contributed by atoms with Crippen LogP contribution in [0.5, 0.6) is 0 Å². The molecular formula is C19H16Br2N6. The van der Waals surface area contributed by atoms with Crippen LogP contribution >= 0.6 is 31.9 Å². The van der Waals surface area contributed by atoms with E-state index in [4.69, 9.17) is 0 Å². The summed E-state index contributed by atoms with van der Waals surface area (Å²) >= 11 is 7.09. The minimum atomic E-state index is 0.541. The number of para-hydroxylation sites is 1. The Hall–Kier alpha value is -2.32. The molecule has 0 fully saturated rings. The Morgan fingerprint density at radius 2 is 1.78 bits per heavy atom. The van der Waals surface area contributed by atoms with Crippen molar-refractivity contribution >= 4 is 31.9 Å². The van der Waals surface area contributed by atoms with Gasteiger partial charge in [0.05, 0.1) is 24.0 Å². The maximum Gasteiger partial charge on any atom is 0.209 e. The molecule has 0 unspecified atom stereocenters. The van der Waals surface area contributed by atoms with Gasteiger partial charge < -0.3 is 0 Å². The standard InChI is InChI=1S/C19H16Br2N6/c1-2-14-5-3-4-6-17(14)27-18(21)16(11-22-27)19-23-25-26(24-19)12-13-7-9-15(20)10-8-13/h3-11H,2,12H2,1H3. The molecule has 0 spiro atoms. The molecule has 4 aromatic rings.